The van der Waals surface area contributed by atoms with E-state index in [1.54, 1.807) is 0 Å². The van der Waals surface area contributed by atoms with Crippen LogP contribution in [0, 0.1) is 6.92 Å². The van der Waals surface area contributed by atoms with Crippen molar-refractivity contribution in [2.75, 3.05) is 26.2 Å². The maximum Gasteiger partial charge on any atom is 0.407 e. The minimum absolute atomic E-state index is 0. The molecular formula is C15H25ClN2O2. The lowest BCUT2D eigenvalue weighted by Gasteiger charge is -2.15. The lowest BCUT2D eigenvalue weighted by molar-refractivity contribution is -0.895. The summed E-state index contributed by atoms with van der Waals surface area (Å²) in [6, 6.07) is 7.92. The van der Waals surface area contributed by atoms with E-state index in [2.05, 4.69) is 19.2 Å². The molecule has 0 radical (unpaired) electrons. The highest BCUT2D eigenvalue weighted by molar-refractivity contribution is 5.67. The number of quaternary nitrogens is 1. The number of carbonyl (C=O) groups excluding carboxylic acids is 1. The number of likely N-dealkylation sites (N-methyl/N-ethyl adjacent to an activating group) is 1. The molecule has 5 heteroatoms. The first kappa shape index (κ1) is 18.7. The van der Waals surface area contributed by atoms with Gasteiger partial charge in [-0.3, -0.25) is 0 Å². The number of carbonyl (C=O) groups is 1. The van der Waals surface area contributed by atoms with Crippen LogP contribution in [-0.4, -0.2) is 32.3 Å². The number of hydrogen-bond acceptors (Lipinski definition) is 2. The molecule has 20 heavy (non-hydrogen) atoms. The van der Waals surface area contributed by atoms with Crippen molar-refractivity contribution < 1.29 is 26.8 Å². The summed E-state index contributed by atoms with van der Waals surface area (Å²) < 4.78 is 5.20. The molecule has 0 bridgehead atoms. The van der Waals surface area contributed by atoms with Gasteiger partial charge in [0.05, 0.1) is 26.2 Å². The molecule has 0 fully saturated rings. The van der Waals surface area contributed by atoms with E-state index in [9.17, 15) is 4.79 Å². The van der Waals surface area contributed by atoms with Gasteiger partial charge in [0.15, 0.2) is 0 Å². The van der Waals surface area contributed by atoms with E-state index in [-0.39, 0.29) is 18.5 Å². The van der Waals surface area contributed by atoms with Gasteiger partial charge in [-0.25, -0.2) is 4.79 Å². The molecule has 1 amide bonds. The first-order chi connectivity index (χ1) is 9.17. The summed E-state index contributed by atoms with van der Waals surface area (Å²) >= 11 is 0. The second-order valence-corrected chi connectivity index (χ2v) is 4.64. The fourth-order valence-electron chi connectivity index (χ4n) is 1.91. The first-order valence-corrected chi connectivity index (χ1v) is 6.96. The zero-order chi connectivity index (χ0) is 14.1. The Morgan fingerprint density at radius 1 is 1.25 bits per heavy atom. The molecule has 1 aromatic rings. The van der Waals surface area contributed by atoms with E-state index in [1.165, 1.54) is 4.90 Å². The second-order valence-electron chi connectivity index (χ2n) is 4.64. The Bertz CT molecular complexity index is 395. The minimum atomic E-state index is -0.338. The molecule has 1 rings (SSSR count). The Kier molecular flexibility index (Phi) is 9.86. The van der Waals surface area contributed by atoms with Crippen molar-refractivity contribution in [2.24, 2.45) is 0 Å². The van der Waals surface area contributed by atoms with Crippen LogP contribution >= 0.6 is 0 Å². The topological polar surface area (TPSA) is 42.8 Å². The quantitative estimate of drug-likeness (QED) is 0.621. The fourth-order valence-corrected chi connectivity index (χ4v) is 1.91. The van der Waals surface area contributed by atoms with Crippen LogP contribution in [0.25, 0.3) is 0 Å². The van der Waals surface area contributed by atoms with Crippen LogP contribution in [0.5, 0.6) is 0 Å². The number of benzene rings is 1. The fraction of sp³-hybridized carbons (Fsp3) is 0.533. The predicted octanol–water partition coefficient (Wildman–Crippen LogP) is -1.85. The Morgan fingerprint density at radius 3 is 2.50 bits per heavy atom. The summed E-state index contributed by atoms with van der Waals surface area (Å²) in [5.41, 5.74) is 2.19. The van der Waals surface area contributed by atoms with Crippen LogP contribution in [-0.2, 0) is 11.3 Å². The summed E-state index contributed by atoms with van der Waals surface area (Å²) in [7, 11) is 0. The van der Waals surface area contributed by atoms with Crippen molar-refractivity contribution in [3.8, 4) is 0 Å². The van der Waals surface area contributed by atoms with Crippen LogP contribution in [0.2, 0.25) is 0 Å². The van der Waals surface area contributed by atoms with E-state index in [0.29, 0.717) is 13.2 Å². The zero-order valence-electron chi connectivity index (χ0n) is 12.5. The van der Waals surface area contributed by atoms with Crippen molar-refractivity contribution in [1.82, 2.24) is 5.32 Å². The highest BCUT2D eigenvalue weighted by atomic mass is 35.5. The van der Waals surface area contributed by atoms with E-state index in [0.717, 1.165) is 30.8 Å². The third-order valence-electron chi connectivity index (χ3n) is 3.37. The number of aryl methyl sites for hydroxylation is 1. The summed E-state index contributed by atoms with van der Waals surface area (Å²) in [6.45, 7) is 10.4. The Balaban J connectivity index is 0.00000361. The van der Waals surface area contributed by atoms with Crippen molar-refractivity contribution in [2.45, 2.75) is 27.4 Å². The smallest absolute Gasteiger partial charge is 0.407 e. The van der Waals surface area contributed by atoms with Gasteiger partial charge in [-0.05, 0) is 31.9 Å². The molecule has 2 N–H and O–H groups in total. The highest BCUT2D eigenvalue weighted by Crippen LogP contribution is 2.07. The SMILES string of the molecule is CC[NH+](CC)CCNC(=O)OCc1ccccc1C.[Cl-]. The Hall–Kier alpha value is -1.26. The molecule has 0 spiro atoms. The van der Waals surface area contributed by atoms with Crippen molar-refractivity contribution in [3.63, 3.8) is 0 Å². The van der Waals surface area contributed by atoms with Crippen molar-refractivity contribution in [3.05, 3.63) is 35.4 Å². The van der Waals surface area contributed by atoms with Gasteiger partial charge in [-0.15, -0.1) is 0 Å². The molecule has 0 unspecified atom stereocenters. The van der Waals surface area contributed by atoms with E-state index < -0.39 is 0 Å². The molecule has 1 aromatic carbocycles. The van der Waals surface area contributed by atoms with E-state index >= 15 is 0 Å². The van der Waals surface area contributed by atoms with E-state index in [4.69, 9.17) is 4.74 Å². The van der Waals surface area contributed by atoms with Crippen molar-refractivity contribution >= 4 is 6.09 Å². The standard InChI is InChI=1S/C15H24N2O2.ClH/c1-4-17(5-2)11-10-16-15(18)19-12-14-9-7-6-8-13(14)3;/h6-9H,4-5,10-12H2,1-3H3,(H,16,18);1H. The molecule has 0 aliphatic heterocycles. The number of nitrogens with one attached hydrogen (secondary N) is 2. The molecule has 0 heterocycles. The predicted molar refractivity (Wildman–Crippen MR) is 76.3 cm³/mol. The molecule has 4 nitrogen and oxygen atoms in total. The summed E-state index contributed by atoms with van der Waals surface area (Å²) in [5.74, 6) is 0. The van der Waals surface area contributed by atoms with Crippen LogP contribution in [0.4, 0.5) is 4.79 Å². The Labute approximate surface area is 127 Å². The third-order valence-corrected chi connectivity index (χ3v) is 3.37. The largest absolute Gasteiger partial charge is 1.00 e. The van der Waals surface area contributed by atoms with Crippen LogP contribution < -0.4 is 22.6 Å². The van der Waals surface area contributed by atoms with Gasteiger partial charge in [0, 0.05) is 0 Å². The molecule has 0 atom stereocenters. The molecule has 0 saturated carbocycles. The van der Waals surface area contributed by atoms with Crippen LogP contribution in [0.3, 0.4) is 0 Å². The minimum Gasteiger partial charge on any atom is -1.00 e. The summed E-state index contributed by atoms with van der Waals surface area (Å²) in [5, 5.41) is 2.79. The molecule has 0 saturated heterocycles. The molecule has 0 aliphatic carbocycles. The van der Waals surface area contributed by atoms with Gasteiger partial charge < -0.3 is 27.4 Å². The van der Waals surface area contributed by atoms with Gasteiger partial charge in [0.25, 0.3) is 0 Å². The third kappa shape index (κ3) is 6.78. The average molecular weight is 301 g/mol. The summed E-state index contributed by atoms with van der Waals surface area (Å²) in [6.07, 6.45) is -0.338. The number of halogens is 1. The lowest BCUT2D eigenvalue weighted by atomic mass is 10.1. The van der Waals surface area contributed by atoms with Crippen LogP contribution in [0.15, 0.2) is 24.3 Å². The van der Waals surface area contributed by atoms with Crippen LogP contribution in [0.1, 0.15) is 25.0 Å². The zero-order valence-corrected chi connectivity index (χ0v) is 13.3. The maximum absolute atomic E-state index is 11.5. The number of rotatable bonds is 7. The van der Waals surface area contributed by atoms with Crippen molar-refractivity contribution in [1.29, 1.82) is 0 Å². The first-order valence-electron chi connectivity index (χ1n) is 6.96. The Morgan fingerprint density at radius 2 is 1.90 bits per heavy atom. The molecule has 114 valence electrons. The normalized spacial score (nSPS) is 10.0. The number of alkyl carbamates (subject to hydrolysis) is 1. The molecule has 0 aliphatic rings. The number of ether oxygens (including phenoxy) is 1. The lowest BCUT2D eigenvalue weighted by Crippen LogP contribution is -3.12. The van der Waals surface area contributed by atoms with Gasteiger partial charge >= 0.3 is 6.09 Å². The maximum atomic E-state index is 11.5. The summed E-state index contributed by atoms with van der Waals surface area (Å²) in [4.78, 5) is 13.0. The second kappa shape index (κ2) is 10.5. The molecule has 0 aromatic heterocycles. The number of hydrogen-bond donors (Lipinski definition) is 2. The molecular weight excluding hydrogens is 276 g/mol. The van der Waals surface area contributed by atoms with E-state index in [1.807, 2.05) is 31.2 Å². The number of amides is 1. The van der Waals surface area contributed by atoms with Gasteiger partial charge in [0.1, 0.15) is 6.61 Å². The highest BCUT2D eigenvalue weighted by Gasteiger charge is 2.06. The van der Waals surface area contributed by atoms with Gasteiger partial charge in [-0.1, -0.05) is 24.3 Å². The van der Waals surface area contributed by atoms with Gasteiger partial charge in [-0.2, -0.15) is 0 Å². The monoisotopic (exact) mass is 300 g/mol. The van der Waals surface area contributed by atoms with Gasteiger partial charge in [0.2, 0.25) is 0 Å². The average Bonchev–Trinajstić information content (AvgIpc) is 2.43.